The van der Waals surface area contributed by atoms with E-state index in [0.29, 0.717) is 0 Å². The van der Waals surface area contributed by atoms with Crippen molar-refractivity contribution in [3.63, 3.8) is 0 Å². The van der Waals surface area contributed by atoms with Gasteiger partial charge in [0.05, 0.1) is 18.1 Å². The molecule has 20 heavy (non-hydrogen) atoms. The molecule has 0 bridgehead atoms. The molecule has 2 heterocycles. The number of benzene rings is 1. The van der Waals surface area contributed by atoms with E-state index in [2.05, 4.69) is 21.8 Å². The van der Waals surface area contributed by atoms with Crippen LogP contribution in [-0.2, 0) is 0 Å². The fourth-order valence-corrected chi connectivity index (χ4v) is 2.57. The molecular weight excluding hydrogens is 250 g/mol. The summed E-state index contributed by atoms with van der Waals surface area (Å²) in [6.45, 7) is 4.35. The lowest BCUT2D eigenvalue weighted by atomic mass is 9.99. The average molecular weight is 269 g/mol. The van der Waals surface area contributed by atoms with Crippen molar-refractivity contribution in [2.24, 2.45) is 5.92 Å². The van der Waals surface area contributed by atoms with E-state index in [1.807, 2.05) is 18.2 Å². The van der Waals surface area contributed by atoms with Crippen LogP contribution in [0.5, 0.6) is 5.75 Å². The Morgan fingerprint density at radius 3 is 2.65 bits per heavy atom. The molecule has 0 radical (unpaired) electrons. The summed E-state index contributed by atoms with van der Waals surface area (Å²) in [4.78, 5) is 11.2. The SMILES string of the molecule is CC1CCN(c2cncc(-c3ccccc3O)n2)CC1. The van der Waals surface area contributed by atoms with Crippen molar-refractivity contribution < 1.29 is 5.11 Å². The molecule has 0 amide bonds. The Morgan fingerprint density at radius 2 is 1.90 bits per heavy atom. The minimum Gasteiger partial charge on any atom is -0.507 e. The number of aromatic hydroxyl groups is 1. The molecule has 0 aliphatic carbocycles. The molecule has 1 aliphatic rings. The molecule has 4 nitrogen and oxygen atoms in total. The number of nitrogens with zero attached hydrogens (tertiary/aromatic N) is 3. The zero-order chi connectivity index (χ0) is 13.9. The van der Waals surface area contributed by atoms with Gasteiger partial charge in [-0.15, -0.1) is 0 Å². The van der Waals surface area contributed by atoms with Crippen LogP contribution in [-0.4, -0.2) is 28.2 Å². The summed E-state index contributed by atoms with van der Waals surface area (Å²) in [7, 11) is 0. The van der Waals surface area contributed by atoms with Crippen LogP contribution in [0.1, 0.15) is 19.8 Å². The van der Waals surface area contributed by atoms with Gasteiger partial charge in [0.15, 0.2) is 0 Å². The summed E-state index contributed by atoms with van der Waals surface area (Å²) in [6.07, 6.45) is 5.90. The standard InChI is InChI=1S/C16H19N3O/c1-12-6-8-19(9-7-12)16-11-17-10-14(18-16)13-4-2-3-5-15(13)20/h2-5,10-12,20H,6-9H2,1H3. The number of piperidine rings is 1. The third-order valence-corrected chi connectivity index (χ3v) is 3.91. The van der Waals surface area contributed by atoms with Crippen molar-refractivity contribution in [2.75, 3.05) is 18.0 Å². The van der Waals surface area contributed by atoms with E-state index in [-0.39, 0.29) is 5.75 Å². The highest BCUT2D eigenvalue weighted by Crippen LogP contribution is 2.28. The van der Waals surface area contributed by atoms with Gasteiger partial charge in [-0.2, -0.15) is 0 Å². The van der Waals surface area contributed by atoms with Crippen LogP contribution in [0.4, 0.5) is 5.82 Å². The van der Waals surface area contributed by atoms with Crippen molar-refractivity contribution in [3.05, 3.63) is 36.7 Å². The lowest BCUT2D eigenvalue weighted by Gasteiger charge is -2.31. The Kier molecular flexibility index (Phi) is 3.54. The molecule has 0 unspecified atom stereocenters. The molecule has 1 aromatic carbocycles. The first-order chi connectivity index (χ1) is 9.74. The molecule has 4 heteroatoms. The number of aromatic nitrogens is 2. The van der Waals surface area contributed by atoms with Crippen LogP contribution in [0.25, 0.3) is 11.3 Å². The van der Waals surface area contributed by atoms with E-state index in [9.17, 15) is 5.11 Å². The highest BCUT2D eigenvalue weighted by atomic mass is 16.3. The van der Waals surface area contributed by atoms with Gasteiger partial charge in [-0.25, -0.2) is 4.98 Å². The van der Waals surface area contributed by atoms with Crippen molar-refractivity contribution in [3.8, 4) is 17.0 Å². The van der Waals surface area contributed by atoms with E-state index in [1.165, 1.54) is 12.8 Å². The summed E-state index contributed by atoms with van der Waals surface area (Å²) in [5, 5.41) is 9.92. The van der Waals surface area contributed by atoms with Crippen LogP contribution >= 0.6 is 0 Å². The molecular formula is C16H19N3O. The Morgan fingerprint density at radius 1 is 1.15 bits per heavy atom. The summed E-state index contributed by atoms with van der Waals surface area (Å²) < 4.78 is 0. The normalized spacial score (nSPS) is 16.4. The van der Waals surface area contributed by atoms with Crippen LogP contribution in [0.15, 0.2) is 36.7 Å². The molecule has 1 aromatic heterocycles. The van der Waals surface area contributed by atoms with Gasteiger partial charge in [0.2, 0.25) is 0 Å². The van der Waals surface area contributed by atoms with E-state index in [1.54, 1.807) is 18.5 Å². The molecule has 0 spiro atoms. The maximum absolute atomic E-state index is 9.92. The summed E-state index contributed by atoms with van der Waals surface area (Å²) in [5.74, 6) is 1.93. The number of para-hydroxylation sites is 1. The zero-order valence-electron chi connectivity index (χ0n) is 11.7. The molecule has 1 saturated heterocycles. The number of hydrogen-bond donors (Lipinski definition) is 1. The largest absolute Gasteiger partial charge is 0.507 e. The Balaban J connectivity index is 1.88. The molecule has 2 aromatic rings. The van der Waals surface area contributed by atoms with Gasteiger partial charge in [0.25, 0.3) is 0 Å². The Hall–Kier alpha value is -2.10. The minimum absolute atomic E-state index is 0.242. The smallest absolute Gasteiger partial charge is 0.147 e. The highest BCUT2D eigenvalue weighted by molar-refractivity contribution is 5.67. The Labute approximate surface area is 119 Å². The summed E-state index contributed by atoms with van der Waals surface area (Å²) in [5.41, 5.74) is 1.45. The predicted octanol–water partition coefficient (Wildman–Crippen LogP) is 3.09. The van der Waals surface area contributed by atoms with Crippen molar-refractivity contribution >= 4 is 5.82 Å². The Bertz CT molecular complexity index is 592. The molecule has 1 fully saturated rings. The second-order valence-electron chi connectivity index (χ2n) is 5.45. The third kappa shape index (κ3) is 2.59. The van der Waals surface area contributed by atoms with Gasteiger partial charge in [-0.1, -0.05) is 19.1 Å². The maximum atomic E-state index is 9.92. The van der Waals surface area contributed by atoms with Crippen molar-refractivity contribution in [2.45, 2.75) is 19.8 Å². The molecule has 1 aliphatic heterocycles. The van der Waals surface area contributed by atoms with E-state index >= 15 is 0 Å². The van der Waals surface area contributed by atoms with Gasteiger partial charge in [-0.3, -0.25) is 4.98 Å². The second-order valence-corrected chi connectivity index (χ2v) is 5.45. The van der Waals surface area contributed by atoms with Gasteiger partial charge in [0.1, 0.15) is 11.6 Å². The molecule has 104 valence electrons. The second kappa shape index (κ2) is 5.49. The van der Waals surface area contributed by atoms with Crippen molar-refractivity contribution in [1.29, 1.82) is 0 Å². The average Bonchev–Trinajstić information content (AvgIpc) is 2.49. The van der Waals surface area contributed by atoms with Gasteiger partial charge in [0, 0.05) is 18.7 Å². The van der Waals surface area contributed by atoms with Gasteiger partial charge in [-0.05, 0) is 30.9 Å². The maximum Gasteiger partial charge on any atom is 0.147 e. The molecule has 1 N–H and O–H groups in total. The van der Waals surface area contributed by atoms with Gasteiger partial charge >= 0.3 is 0 Å². The number of phenols is 1. The quantitative estimate of drug-likeness (QED) is 0.910. The first-order valence-electron chi connectivity index (χ1n) is 7.09. The molecule has 3 rings (SSSR count). The predicted molar refractivity (Wildman–Crippen MR) is 79.7 cm³/mol. The monoisotopic (exact) mass is 269 g/mol. The lowest BCUT2D eigenvalue weighted by molar-refractivity contribution is 0.436. The first kappa shape index (κ1) is 12.9. The van der Waals surface area contributed by atoms with Gasteiger partial charge < -0.3 is 10.0 Å². The van der Waals surface area contributed by atoms with Crippen molar-refractivity contribution in [1.82, 2.24) is 9.97 Å². The first-order valence-corrected chi connectivity index (χ1v) is 7.09. The third-order valence-electron chi connectivity index (χ3n) is 3.91. The topological polar surface area (TPSA) is 49.2 Å². The minimum atomic E-state index is 0.242. The van der Waals surface area contributed by atoms with Crippen LogP contribution < -0.4 is 4.90 Å². The number of phenolic OH excluding ortho intramolecular Hbond substituents is 1. The van der Waals surface area contributed by atoms with Crippen LogP contribution in [0, 0.1) is 5.92 Å². The summed E-state index contributed by atoms with van der Waals surface area (Å²) >= 11 is 0. The van der Waals surface area contributed by atoms with Crippen LogP contribution in [0.2, 0.25) is 0 Å². The molecule has 0 saturated carbocycles. The fraction of sp³-hybridized carbons (Fsp3) is 0.375. The fourth-order valence-electron chi connectivity index (χ4n) is 2.57. The molecule has 0 atom stereocenters. The zero-order valence-corrected chi connectivity index (χ0v) is 11.7. The summed E-state index contributed by atoms with van der Waals surface area (Å²) in [6, 6.07) is 7.24. The number of anilines is 1. The number of rotatable bonds is 2. The lowest BCUT2D eigenvalue weighted by Crippen LogP contribution is -2.33. The number of hydrogen-bond acceptors (Lipinski definition) is 4. The van der Waals surface area contributed by atoms with E-state index < -0.39 is 0 Å². The van der Waals surface area contributed by atoms with E-state index in [0.717, 1.165) is 36.1 Å². The van der Waals surface area contributed by atoms with E-state index in [4.69, 9.17) is 0 Å². The highest BCUT2D eigenvalue weighted by Gasteiger charge is 2.18. The van der Waals surface area contributed by atoms with Crippen LogP contribution in [0.3, 0.4) is 0 Å².